The molecule has 1 fully saturated rings. The molecule has 0 bridgehead atoms. The molecule has 1 N–H and O–H groups in total. The molecule has 0 atom stereocenters. The highest BCUT2D eigenvalue weighted by Crippen LogP contribution is 2.18. The second-order valence-electron chi connectivity index (χ2n) is 4.89. The lowest BCUT2D eigenvalue weighted by Crippen LogP contribution is -2.54. The zero-order chi connectivity index (χ0) is 12.3. The van der Waals surface area contributed by atoms with E-state index in [1.165, 1.54) is 0 Å². The van der Waals surface area contributed by atoms with Gasteiger partial charge in [-0.3, -0.25) is 9.59 Å². The number of nitrogens with one attached hydrogen (secondary N) is 1. The van der Waals surface area contributed by atoms with E-state index in [2.05, 4.69) is 19.2 Å². The SMILES string of the molecule is CCC(CC)N1CCC(=O)NC(C)(C)C1=O. The van der Waals surface area contributed by atoms with Crippen LogP contribution in [0, 0.1) is 0 Å². The van der Waals surface area contributed by atoms with Crippen molar-refractivity contribution < 1.29 is 9.59 Å². The van der Waals surface area contributed by atoms with Gasteiger partial charge in [0.1, 0.15) is 5.54 Å². The van der Waals surface area contributed by atoms with Crippen LogP contribution in [-0.2, 0) is 9.59 Å². The largest absolute Gasteiger partial charge is 0.342 e. The van der Waals surface area contributed by atoms with Crippen LogP contribution in [0.2, 0.25) is 0 Å². The van der Waals surface area contributed by atoms with E-state index in [4.69, 9.17) is 0 Å². The van der Waals surface area contributed by atoms with Gasteiger partial charge in [-0.15, -0.1) is 0 Å². The minimum absolute atomic E-state index is 0.0343. The van der Waals surface area contributed by atoms with Gasteiger partial charge < -0.3 is 10.2 Å². The molecule has 0 aromatic rings. The average Bonchev–Trinajstić information content (AvgIpc) is 2.30. The highest BCUT2D eigenvalue weighted by molar-refractivity contribution is 5.93. The zero-order valence-electron chi connectivity index (χ0n) is 10.7. The van der Waals surface area contributed by atoms with Crippen molar-refractivity contribution in [1.29, 1.82) is 0 Å². The third kappa shape index (κ3) is 2.54. The van der Waals surface area contributed by atoms with Crippen LogP contribution in [0.1, 0.15) is 47.0 Å². The van der Waals surface area contributed by atoms with Crippen LogP contribution >= 0.6 is 0 Å². The zero-order valence-corrected chi connectivity index (χ0v) is 10.7. The summed E-state index contributed by atoms with van der Waals surface area (Å²) in [5, 5.41) is 2.77. The van der Waals surface area contributed by atoms with Crippen LogP contribution in [0.4, 0.5) is 0 Å². The quantitative estimate of drug-likeness (QED) is 0.788. The topological polar surface area (TPSA) is 49.4 Å². The third-order valence-corrected chi connectivity index (χ3v) is 3.21. The Hall–Kier alpha value is -1.06. The van der Waals surface area contributed by atoms with Crippen LogP contribution in [0.25, 0.3) is 0 Å². The summed E-state index contributed by atoms with van der Waals surface area (Å²) in [6.07, 6.45) is 2.28. The van der Waals surface area contributed by atoms with E-state index in [1.54, 1.807) is 13.8 Å². The van der Waals surface area contributed by atoms with Crippen molar-refractivity contribution in [3.63, 3.8) is 0 Å². The molecular formula is C12H22N2O2. The molecule has 0 spiro atoms. The van der Waals surface area contributed by atoms with E-state index in [0.717, 1.165) is 12.8 Å². The fourth-order valence-corrected chi connectivity index (χ4v) is 2.22. The lowest BCUT2D eigenvalue weighted by atomic mass is 10.0. The predicted octanol–water partition coefficient (Wildman–Crippen LogP) is 1.30. The molecule has 92 valence electrons. The highest BCUT2D eigenvalue weighted by atomic mass is 16.2. The molecule has 16 heavy (non-hydrogen) atoms. The Morgan fingerprint density at radius 1 is 1.31 bits per heavy atom. The molecule has 2 amide bonds. The first-order valence-electron chi connectivity index (χ1n) is 6.04. The summed E-state index contributed by atoms with van der Waals surface area (Å²) in [6.45, 7) is 8.24. The van der Waals surface area contributed by atoms with Gasteiger partial charge in [-0.1, -0.05) is 13.8 Å². The highest BCUT2D eigenvalue weighted by Gasteiger charge is 2.38. The Balaban J connectivity index is 2.92. The molecular weight excluding hydrogens is 204 g/mol. The lowest BCUT2D eigenvalue weighted by Gasteiger charge is -2.34. The monoisotopic (exact) mass is 226 g/mol. The van der Waals surface area contributed by atoms with E-state index in [-0.39, 0.29) is 17.9 Å². The fourth-order valence-electron chi connectivity index (χ4n) is 2.22. The summed E-state index contributed by atoms with van der Waals surface area (Å²) in [7, 11) is 0. The second-order valence-corrected chi connectivity index (χ2v) is 4.89. The van der Waals surface area contributed by atoms with Crippen molar-refractivity contribution >= 4 is 11.8 Å². The maximum absolute atomic E-state index is 12.3. The number of hydrogen-bond acceptors (Lipinski definition) is 2. The maximum Gasteiger partial charge on any atom is 0.248 e. The van der Waals surface area contributed by atoms with E-state index in [9.17, 15) is 9.59 Å². The number of nitrogens with zero attached hydrogens (tertiary/aromatic N) is 1. The first-order valence-corrected chi connectivity index (χ1v) is 6.04. The smallest absolute Gasteiger partial charge is 0.248 e. The van der Waals surface area contributed by atoms with Crippen LogP contribution in [0.3, 0.4) is 0 Å². The molecule has 0 aliphatic carbocycles. The molecule has 1 aliphatic rings. The van der Waals surface area contributed by atoms with Gasteiger partial charge in [0, 0.05) is 19.0 Å². The Morgan fingerprint density at radius 2 is 1.88 bits per heavy atom. The lowest BCUT2D eigenvalue weighted by molar-refractivity contribution is -0.139. The summed E-state index contributed by atoms with van der Waals surface area (Å²) >= 11 is 0. The second kappa shape index (κ2) is 4.85. The minimum Gasteiger partial charge on any atom is -0.342 e. The minimum atomic E-state index is -0.768. The summed E-state index contributed by atoms with van der Waals surface area (Å²) in [6, 6.07) is 0.250. The Kier molecular flexibility index (Phi) is 3.94. The van der Waals surface area contributed by atoms with Crippen LogP contribution < -0.4 is 5.32 Å². The summed E-state index contributed by atoms with van der Waals surface area (Å²) in [4.78, 5) is 25.6. The van der Waals surface area contributed by atoms with E-state index >= 15 is 0 Å². The van der Waals surface area contributed by atoms with E-state index in [0.29, 0.717) is 13.0 Å². The molecule has 1 heterocycles. The first-order chi connectivity index (χ1) is 7.42. The summed E-state index contributed by atoms with van der Waals surface area (Å²) in [5.74, 6) is -0.00106. The standard InChI is InChI=1S/C12H22N2O2/c1-5-9(6-2)14-8-7-10(15)13-12(3,4)11(14)16/h9H,5-8H2,1-4H3,(H,13,15). The van der Waals surface area contributed by atoms with Gasteiger partial charge in [0.15, 0.2) is 0 Å². The molecule has 1 aliphatic heterocycles. The van der Waals surface area contributed by atoms with Crippen molar-refractivity contribution in [2.45, 2.75) is 58.5 Å². The van der Waals surface area contributed by atoms with Gasteiger partial charge in [-0.2, -0.15) is 0 Å². The number of amides is 2. The number of hydrogen-bond donors (Lipinski definition) is 1. The van der Waals surface area contributed by atoms with Crippen molar-refractivity contribution in [2.24, 2.45) is 0 Å². The summed E-state index contributed by atoms with van der Waals surface area (Å²) in [5.41, 5.74) is -0.768. The fraction of sp³-hybridized carbons (Fsp3) is 0.833. The Morgan fingerprint density at radius 3 is 2.38 bits per heavy atom. The van der Waals surface area contributed by atoms with Gasteiger partial charge in [-0.05, 0) is 26.7 Å². The Bertz CT molecular complexity index is 283. The average molecular weight is 226 g/mol. The van der Waals surface area contributed by atoms with Gasteiger partial charge in [0.2, 0.25) is 11.8 Å². The van der Waals surface area contributed by atoms with E-state index in [1.807, 2.05) is 4.90 Å². The normalized spacial score (nSPS) is 20.9. The molecule has 0 radical (unpaired) electrons. The third-order valence-electron chi connectivity index (χ3n) is 3.21. The molecule has 1 saturated heterocycles. The van der Waals surface area contributed by atoms with Crippen LogP contribution in [-0.4, -0.2) is 34.8 Å². The van der Waals surface area contributed by atoms with Gasteiger partial charge in [0.25, 0.3) is 0 Å². The molecule has 0 saturated carbocycles. The molecule has 0 aromatic heterocycles. The van der Waals surface area contributed by atoms with Gasteiger partial charge >= 0.3 is 0 Å². The van der Waals surface area contributed by atoms with Crippen molar-refractivity contribution in [1.82, 2.24) is 10.2 Å². The summed E-state index contributed by atoms with van der Waals surface area (Å²) < 4.78 is 0. The molecule has 0 aromatic carbocycles. The number of rotatable bonds is 3. The van der Waals surface area contributed by atoms with E-state index < -0.39 is 5.54 Å². The van der Waals surface area contributed by atoms with Gasteiger partial charge in [-0.25, -0.2) is 0 Å². The molecule has 4 heteroatoms. The Labute approximate surface area is 97.4 Å². The van der Waals surface area contributed by atoms with Crippen molar-refractivity contribution in [2.75, 3.05) is 6.54 Å². The molecule has 4 nitrogen and oxygen atoms in total. The predicted molar refractivity (Wildman–Crippen MR) is 62.9 cm³/mol. The maximum atomic E-state index is 12.3. The number of carbonyl (C=O) groups excluding carboxylic acids is 2. The van der Waals surface area contributed by atoms with Crippen molar-refractivity contribution in [3.05, 3.63) is 0 Å². The molecule has 1 rings (SSSR count). The number of carbonyl (C=O) groups is 2. The van der Waals surface area contributed by atoms with Crippen molar-refractivity contribution in [3.8, 4) is 0 Å². The van der Waals surface area contributed by atoms with Gasteiger partial charge in [0.05, 0.1) is 0 Å². The van der Waals surface area contributed by atoms with Crippen LogP contribution in [0.5, 0.6) is 0 Å². The first kappa shape index (κ1) is 13.0. The van der Waals surface area contributed by atoms with Crippen LogP contribution in [0.15, 0.2) is 0 Å². The molecule has 0 unspecified atom stereocenters.